The first-order valence-electron chi connectivity index (χ1n) is 9.59. The van der Waals surface area contributed by atoms with E-state index in [2.05, 4.69) is 10.3 Å². The van der Waals surface area contributed by atoms with Crippen LogP contribution in [0.5, 0.6) is 11.5 Å². The summed E-state index contributed by atoms with van der Waals surface area (Å²) < 4.78 is 38.7. The van der Waals surface area contributed by atoms with E-state index in [9.17, 15) is 18.5 Å². The number of hydrogen-bond acceptors (Lipinski definition) is 8. The maximum atomic E-state index is 13.3. The molecule has 0 fully saturated rings. The fourth-order valence-corrected chi connectivity index (χ4v) is 4.73. The molecule has 0 atom stereocenters. The van der Waals surface area contributed by atoms with E-state index in [1.165, 1.54) is 30.0 Å². The largest absolute Gasteiger partial charge is 0.497 e. The Morgan fingerprint density at radius 2 is 1.70 bits per heavy atom. The highest BCUT2D eigenvalue weighted by Gasteiger charge is 2.24. The van der Waals surface area contributed by atoms with Gasteiger partial charge in [-0.15, -0.1) is 5.10 Å². The Hall–Kier alpha value is -4.25. The zero-order chi connectivity index (χ0) is 23.6. The molecule has 0 spiro atoms. The van der Waals surface area contributed by atoms with Crippen molar-refractivity contribution in [2.75, 3.05) is 14.2 Å². The molecule has 0 amide bonds. The zero-order valence-electron chi connectivity index (χ0n) is 17.6. The van der Waals surface area contributed by atoms with Gasteiger partial charge in [-0.3, -0.25) is 10.1 Å². The van der Waals surface area contributed by atoms with Crippen molar-refractivity contribution in [2.45, 2.75) is 9.79 Å². The number of nitrogens with zero attached hydrogens (tertiary/aromatic N) is 4. The molecule has 3 aromatic carbocycles. The van der Waals surface area contributed by atoms with Crippen molar-refractivity contribution in [3.8, 4) is 28.4 Å². The van der Waals surface area contributed by atoms with Gasteiger partial charge in [-0.1, -0.05) is 23.4 Å². The highest BCUT2D eigenvalue weighted by atomic mass is 32.2. The van der Waals surface area contributed by atoms with Crippen LogP contribution in [0.3, 0.4) is 0 Å². The molecule has 0 unspecified atom stereocenters. The van der Waals surface area contributed by atoms with E-state index in [0.29, 0.717) is 28.4 Å². The molecular weight excluding hydrogens is 448 g/mol. The third-order valence-corrected chi connectivity index (χ3v) is 6.77. The van der Waals surface area contributed by atoms with E-state index in [0.717, 1.165) is 12.1 Å². The van der Waals surface area contributed by atoms with Crippen molar-refractivity contribution in [1.29, 1.82) is 0 Å². The Balaban J connectivity index is 1.76. The first-order valence-corrected chi connectivity index (χ1v) is 11.1. The molecule has 1 heterocycles. The number of sulfone groups is 1. The van der Waals surface area contributed by atoms with Crippen molar-refractivity contribution in [3.63, 3.8) is 0 Å². The predicted molar refractivity (Wildman–Crippen MR) is 118 cm³/mol. The zero-order valence-corrected chi connectivity index (χ0v) is 18.4. The summed E-state index contributed by atoms with van der Waals surface area (Å²) in [5.41, 5.74) is 1.06. The van der Waals surface area contributed by atoms with Gasteiger partial charge < -0.3 is 9.47 Å². The van der Waals surface area contributed by atoms with Crippen LogP contribution in [0.15, 0.2) is 82.7 Å². The maximum Gasteiger partial charge on any atom is 0.269 e. The minimum absolute atomic E-state index is 0.00704. The Morgan fingerprint density at radius 1 is 0.970 bits per heavy atom. The molecule has 11 heteroatoms. The molecule has 0 saturated heterocycles. The first kappa shape index (κ1) is 22.0. The van der Waals surface area contributed by atoms with Gasteiger partial charge in [-0.2, -0.15) is 0 Å². The first-order chi connectivity index (χ1) is 15.8. The number of methoxy groups -OCH3 is 2. The summed E-state index contributed by atoms with van der Waals surface area (Å²) in [6.45, 7) is 0. The lowest BCUT2D eigenvalue weighted by Gasteiger charge is -2.10. The SMILES string of the molecule is COc1ccc(-n2cc(-c3ccccc3S(=O)(=O)c3ccc([N+](=O)[O-])cc3)nn2)c(OC)c1. The lowest BCUT2D eigenvalue weighted by molar-refractivity contribution is -0.384. The van der Waals surface area contributed by atoms with Gasteiger partial charge in [-0.05, 0) is 30.3 Å². The van der Waals surface area contributed by atoms with Crippen LogP contribution in [0, 0.1) is 10.1 Å². The van der Waals surface area contributed by atoms with E-state index in [1.54, 1.807) is 49.7 Å². The normalized spacial score (nSPS) is 11.2. The molecule has 10 nitrogen and oxygen atoms in total. The average Bonchev–Trinajstić information content (AvgIpc) is 3.33. The van der Waals surface area contributed by atoms with Crippen LogP contribution >= 0.6 is 0 Å². The number of ether oxygens (including phenoxy) is 2. The van der Waals surface area contributed by atoms with Gasteiger partial charge in [0.15, 0.2) is 0 Å². The lowest BCUT2D eigenvalue weighted by Crippen LogP contribution is -2.04. The van der Waals surface area contributed by atoms with Crippen LogP contribution in [0.2, 0.25) is 0 Å². The fourth-order valence-electron chi connectivity index (χ4n) is 3.27. The van der Waals surface area contributed by atoms with Gasteiger partial charge in [0.25, 0.3) is 5.69 Å². The molecule has 1 aromatic heterocycles. The molecule has 168 valence electrons. The fraction of sp³-hybridized carbons (Fsp3) is 0.0909. The van der Waals surface area contributed by atoms with Crippen LogP contribution < -0.4 is 9.47 Å². The smallest absolute Gasteiger partial charge is 0.269 e. The second-order valence-corrected chi connectivity index (χ2v) is 8.75. The van der Waals surface area contributed by atoms with Crippen LogP contribution in [0.4, 0.5) is 5.69 Å². The van der Waals surface area contributed by atoms with Gasteiger partial charge in [0.2, 0.25) is 9.84 Å². The van der Waals surface area contributed by atoms with E-state index in [1.807, 2.05) is 0 Å². The monoisotopic (exact) mass is 466 g/mol. The third-order valence-electron chi connectivity index (χ3n) is 4.94. The van der Waals surface area contributed by atoms with Crippen molar-refractivity contribution < 1.29 is 22.8 Å². The molecule has 4 aromatic rings. The van der Waals surface area contributed by atoms with Gasteiger partial charge in [0, 0.05) is 23.8 Å². The molecule has 0 aliphatic rings. The number of nitro groups is 1. The van der Waals surface area contributed by atoms with Gasteiger partial charge in [-0.25, -0.2) is 13.1 Å². The van der Waals surface area contributed by atoms with E-state index in [-0.39, 0.29) is 15.5 Å². The molecule has 0 bridgehead atoms. The van der Waals surface area contributed by atoms with Crippen molar-refractivity contribution in [3.05, 3.63) is 83.0 Å². The highest BCUT2D eigenvalue weighted by molar-refractivity contribution is 7.91. The lowest BCUT2D eigenvalue weighted by atomic mass is 10.2. The van der Waals surface area contributed by atoms with Crippen molar-refractivity contribution in [2.24, 2.45) is 0 Å². The molecule has 0 saturated carbocycles. The Kier molecular flexibility index (Phi) is 5.80. The minimum Gasteiger partial charge on any atom is -0.497 e. The second kappa shape index (κ2) is 8.71. The summed E-state index contributed by atoms with van der Waals surface area (Å²) in [4.78, 5) is 10.2. The number of hydrogen-bond donors (Lipinski definition) is 0. The number of benzene rings is 3. The number of aromatic nitrogens is 3. The summed E-state index contributed by atoms with van der Waals surface area (Å²) in [6.07, 6.45) is 1.59. The number of nitro benzene ring substituents is 1. The Labute approximate surface area is 189 Å². The second-order valence-electron chi connectivity index (χ2n) is 6.84. The van der Waals surface area contributed by atoms with Crippen molar-refractivity contribution in [1.82, 2.24) is 15.0 Å². The van der Waals surface area contributed by atoms with E-state index in [4.69, 9.17) is 9.47 Å². The maximum absolute atomic E-state index is 13.3. The van der Waals surface area contributed by atoms with Gasteiger partial charge in [0.1, 0.15) is 22.9 Å². The summed E-state index contributed by atoms with van der Waals surface area (Å²) in [5, 5.41) is 19.2. The van der Waals surface area contributed by atoms with Crippen LogP contribution in [0.25, 0.3) is 16.9 Å². The standard InChI is InChI=1S/C22H18N4O6S/c1-31-16-9-12-20(21(13-16)32-2)25-14-19(23-24-25)18-5-3-4-6-22(18)33(29,30)17-10-7-15(8-11-17)26(27)28/h3-14H,1-2H3. The van der Waals surface area contributed by atoms with E-state index >= 15 is 0 Å². The van der Waals surface area contributed by atoms with Crippen LogP contribution in [-0.2, 0) is 9.84 Å². The minimum atomic E-state index is -3.98. The molecule has 4 rings (SSSR count). The molecule has 33 heavy (non-hydrogen) atoms. The topological polar surface area (TPSA) is 126 Å². The number of non-ortho nitro benzene ring substituents is 1. The summed E-state index contributed by atoms with van der Waals surface area (Å²) >= 11 is 0. The Morgan fingerprint density at radius 3 is 2.36 bits per heavy atom. The molecule has 0 aliphatic carbocycles. The molecule has 0 N–H and O–H groups in total. The van der Waals surface area contributed by atoms with Crippen LogP contribution in [0.1, 0.15) is 0 Å². The third kappa shape index (κ3) is 4.13. The molecule has 0 radical (unpaired) electrons. The van der Waals surface area contributed by atoms with Crippen molar-refractivity contribution >= 4 is 15.5 Å². The average molecular weight is 466 g/mol. The predicted octanol–water partition coefficient (Wildman–Crippen LogP) is 3.69. The Bertz CT molecular complexity index is 1430. The van der Waals surface area contributed by atoms with Gasteiger partial charge >= 0.3 is 0 Å². The quantitative estimate of drug-likeness (QED) is 0.298. The van der Waals surface area contributed by atoms with E-state index < -0.39 is 14.8 Å². The molecule has 0 aliphatic heterocycles. The molecular formula is C22H18N4O6S. The summed E-state index contributed by atoms with van der Waals surface area (Å²) in [5.74, 6) is 1.10. The number of rotatable bonds is 7. The highest BCUT2D eigenvalue weighted by Crippen LogP contribution is 2.32. The summed E-state index contributed by atoms with van der Waals surface area (Å²) in [7, 11) is -0.916. The van der Waals surface area contributed by atoms with Gasteiger partial charge in [0.05, 0.1) is 35.1 Å². The summed E-state index contributed by atoms with van der Waals surface area (Å²) in [6, 6.07) is 16.3. The van der Waals surface area contributed by atoms with Crippen LogP contribution in [-0.4, -0.2) is 42.6 Å².